The number of alkyl halides is 1. The van der Waals surface area contributed by atoms with Crippen LogP contribution in [0.3, 0.4) is 0 Å². The van der Waals surface area contributed by atoms with Gasteiger partial charge in [-0.25, -0.2) is 0 Å². The van der Waals surface area contributed by atoms with Crippen molar-refractivity contribution in [2.75, 3.05) is 0 Å². The van der Waals surface area contributed by atoms with Gasteiger partial charge < -0.3 is 5.73 Å². The minimum atomic E-state index is 0. The minimum Gasteiger partial charge on any atom is -0.328 e. The highest BCUT2D eigenvalue weighted by molar-refractivity contribution is 9.09. The van der Waals surface area contributed by atoms with E-state index in [9.17, 15) is 0 Å². The SMILES string of the molecule is Cl.NC1CCC(Br)CC1. The lowest BCUT2D eigenvalue weighted by Gasteiger charge is -2.21. The van der Waals surface area contributed by atoms with Crippen molar-refractivity contribution < 1.29 is 0 Å². The Balaban J connectivity index is 0.000000640. The lowest BCUT2D eigenvalue weighted by molar-refractivity contribution is 0.455. The summed E-state index contributed by atoms with van der Waals surface area (Å²) in [6.45, 7) is 0. The predicted octanol–water partition coefficient (Wildman–Crippen LogP) is 2.07. The Hall–Kier alpha value is 0.730. The highest BCUT2D eigenvalue weighted by Crippen LogP contribution is 2.22. The number of hydrogen-bond donors (Lipinski definition) is 1. The van der Waals surface area contributed by atoms with Gasteiger partial charge in [0.2, 0.25) is 0 Å². The zero-order valence-electron chi connectivity index (χ0n) is 5.35. The van der Waals surface area contributed by atoms with Crippen LogP contribution in [0.2, 0.25) is 0 Å². The van der Waals surface area contributed by atoms with Gasteiger partial charge in [0.05, 0.1) is 0 Å². The number of rotatable bonds is 0. The zero-order valence-corrected chi connectivity index (χ0v) is 7.75. The molecule has 56 valence electrons. The Morgan fingerprint density at radius 2 is 1.56 bits per heavy atom. The monoisotopic (exact) mass is 213 g/mol. The van der Waals surface area contributed by atoms with E-state index in [2.05, 4.69) is 15.9 Å². The molecule has 0 aromatic rings. The summed E-state index contributed by atoms with van der Waals surface area (Å²) >= 11 is 3.56. The van der Waals surface area contributed by atoms with Crippen LogP contribution in [0, 0.1) is 0 Å². The van der Waals surface area contributed by atoms with Crippen LogP contribution in [0.4, 0.5) is 0 Å². The smallest absolute Gasteiger partial charge is 0.0147 e. The molecule has 0 spiro atoms. The van der Waals surface area contributed by atoms with Gasteiger partial charge >= 0.3 is 0 Å². The van der Waals surface area contributed by atoms with E-state index < -0.39 is 0 Å². The van der Waals surface area contributed by atoms with E-state index >= 15 is 0 Å². The first-order valence-corrected chi connectivity index (χ1v) is 4.10. The molecule has 0 heterocycles. The maximum Gasteiger partial charge on any atom is 0.0147 e. The Labute approximate surface area is 70.9 Å². The molecule has 1 fully saturated rings. The van der Waals surface area contributed by atoms with Crippen LogP contribution in [0.5, 0.6) is 0 Å². The van der Waals surface area contributed by atoms with Gasteiger partial charge in [-0.3, -0.25) is 0 Å². The fraction of sp³-hybridized carbons (Fsp3) is 1.00. The molecule has 0 saturated heterocycles. The van der Waals surface area contributed by atoms with Crippen molar-refractivity contribution in [1.29, 1.82) is 0 Å². The molecule has 0 amide bonds. The van der Waals surface area contributed by atoms with Crippen LogP contribution in [0.1, 0.15) is 25.7 Å². The first-order chi connectivity index (χ1) is 3.79. The molecule has 0 aromatic carbocycles. The molecular formula is C6H13BrClN. The lowest BCUT2D eigenvalue weighted by Crippen LogP contribution is -2.26. The van der Waals surface area contributed by atoms with Gasteiger partial charge in [-0.05, 0) is 25.7 Å². The minimum absolute atomic E-state index is 0. The van der Waals surface area contributed by atoms with E-state index in [1.165, 1.54) is 25.7 Å². The lowest BCUT2D eigenvalue weighted by atomic mass is 9.96. The van der Waals surface area contributed by atoms with Gasteiger partial charge in [0, 0.05) is 10.9 Å². The molecule has 1 aliphatic rings. The molecule has 0 bridgehead atoms. The van der Waals surface area contributed by atoms with E-state index in [0.717, 1.165) is 4.83 Å². The Morgan fingerprint density at radius 1 is 1.11 bits per heavy atom. The maximum absolute atomic E-state index is 5.68. The van der Waals surface area contributed by atoms with Gasteiger partial charge in [0.25, 0.3) is 0 Å². The Bertz CT molecular complexity index is 61.5. The van der Waals surface area contributed by atoms with E-state index in [4.69, 9.17) is 5.73 Å². The van der Waals surface area contributed by atoms with Gasteiger partial charge in [-0.15, -0.1) is 12.4 Å². The second-order valence-electron chi connectivity index (χ2n) is 2.51. The molecule has 0 aliphatic heterocycles. The third-order valence-corrected chi connectivity index (χ3v) is 2.62. The molecule has 0 aromatic heterocycles. The van der Waals surface area contributed by atoms with Crippen LogP contribution in [-0.2, 0) is 0 Å². The zero-order chi connectivity index (χ0) is 5.98. The van der Waals surface area contributed by atoms with E-state index in [1.54, 1.807) is 0 Å². The van der Waals surface area contributed by atoms with Gasteiger partial charge in [0.15, 0.2) is 0 Å². The van der Waals surface area contributed by atoms with Crippen LogP contribution >= 0.6 is 28.3 Å². The number of halogens is 2. The molecule has 1 rings (SSSR count). The standard InChI is InChI=1S/C6H12BrN.ClH/c7-5-1-3-6(8)4-2-5;/h5-6H,1-4,8H2;1H. The Kier molecular flexibility index (Phi) is 4.90. The topological polar surface area (TPSA) is 26.0 Å². The van der Waals surface area contributed by atoms with Crippen LogP contribution in [0.15, 0.2) is 0 Å². The molecule has 1 saturated carbocycles. The van der Waals surface area contributed by atoms with E-state index in [1.807, 2.05) is 0 Å². The van der Waals surface area contributed by atoms with Crippen molar-refractivity contribution >= 4 is 28.3 Å². The normalized spacial score (nSPS) is 35.3. The molecule has 3 heteroatoms. The van der Waals surface area contributed by atoms with E-state index in [0.29, 0.717) is 6.04 Å². The first kappa shape index (κ1) is 9.73. The fourth-order valence-electron chi connectivity index (χ4n) is 1.08. The molecule has 1 aliphatic carbocycles. The Morgan fingerprint density at radius 3 is 1.89 bits per heavy atom. The summed E-state index contributed by atoms with van der Waals surface area (Å²) in [6, 6.07) is 0.490. The summed E-state index contributed by atoms with van der Waals surface area (Å²) in [7, 11) is 0. The summed E-state index contributed by atoms with van der Waals surface area (Å²) in [5.41, 5.74) is 5.68. The van der Waals surface area contributed by atoms with Crippen molar-refractivity contribution in [3.63, 3.8) is 0 Å². The summed E-state index contributed by atoms with van der Waals surface area (Å²) in [5, 5.41) is 0. The van der Waals surface area contributed by atoms with Crippen LogP contribution < -0.4 is 5.73 Å². The number of nitrogens with two attached hydrogens (primary N) is 1. The molecule has 0 unspecified atom stereocenters. The summed E-state index contributed by atoms with van der Waals surface area (Å²) in [6.07, 6.45) is 4.94. The van der Waals surface area contributed by atoms with Crippen molar-refractivity contribution in [3.8, 4) is 0 Å². The van der Waals surface area contributed by atoms with E-state index in [-0.39, 0.29) is 12.4 Å². The summed E-state index contributed by atoms with van der Waals surface area (Å²) in [5.74, 6) is 0. The average molecular weight is 215 g/mol. The fourth-order valence-corrected chi connectivity index (χ4v) is 1.61. The molecule has 0 radical (unpaired) electrons. The van der Waals surface area contributed by atoms with Crippen molar-refractivity contribution in [3.05, 3.63) is 0 Å². The molecule has 2 N–H and O–H groups in total. The van der Waals surface area contributed by atoms with Crippen molar-refractivity contribution in [2.24, 2.45) is 5.73 Å². The predicted molar refractivity (Wildman–Crippen MR) is 46.4 cm³/mol. The highest BCUT2D eigenvalue weighted by Gasteiger charge is 2.14. The van der Waals surface area contributed by atoms with Crippen LogP contribution in [-0.4, -0.2) is 10.9 Å². The van der Waals surface area contributed by atoms with Gasteiger partial charge in [-0.2, -0.15) is 0 Å². The summed E-state index contributed by atoms with van der Waals surface area (Å²) in [4.78, 5) is 0.752. The second kappa shape index (κ2) is 4.53. The highest BCUT2D eigenvalue weighted by atomic mass is 79.9. The summed E-state index contributed by atoms with van der Waals surface area (Å²) < 4.78 is 0. The molecular weight excluding hydrogens is 201 g/mol. The van der Waals surface area contributed by atoms with Crippen LogP contribution in [0.25, 0.3) is 0 Å². The third kappa shape index (κ3) is 3.43. The molecule has 9 heavy (non-hydrogen) atoms. The van der Waals surface area contributed by atoms with Crippen molar-refractivity contribution in [1.82, 2.24) is 0 Å². The quantitative estimate of drug-likeness (QED) is 0.614. The second-order valence-corrected chi connectivity index (χ2v) is 3.81. The molecule has 1 nitrogen and oxygen atoms in total. The number of hydrogen-bond acceptors (Lipinski definition) is 1. The average Bonchev–Trinajstić information content (AvgIpc) is 1.77. The van der Waals surface area contributed by atoms with Gasteiger partial charge in [0.1, 0.15) is 0 Å². The third-order valence-electron chi connectivity index (χ3n) is 1.70. The molecule has 0 atom stereocenters. The first-order valence-electron chi connectivity index (χ1n) is 3.18. The van der Waals surface area contributed by atoms with Crippen molar-refractivity contribution in [2.45, 2.75) is 36.6 Å². The largest absolute Gasteiger partial charge is 0.328 e. The van der Waals surface area contributed by atoms with Gasteiger partial charge in [-0.1, -0.05) is 15.9 Å². The maximum atomic E-state index is 5.68.